The summed E-state index contributed by atoms with van der Waals surface area (Å²) in [4.78, 5) is 1.14. The molecule has 39 heavy (non-hydrogen) atoms. The minimum Gasteiger partial charge on any atom is -0.135 e. The van der Waals surface area contributed by atoms with Crippen molar-refractivity contribution in [1.82, 2.24) is 0 Å². The molecule has 5 heteroatoms. The molecule has 3 aromatic heterocycles. The maximum atomic E-state index is 3.55. The summed E-state index contributed by atoms with van der Waals surface area (Å²) in [6.45, 7) is 9.30. The van der Waals surface area contributed by atoms with Gasteiger partial charge in [-0.2, -0.15) is 0 Å². The Hall–Kier alpha value is -2.91. The summed E-state index contributed by atoms with van der Waals surface area (Å²) >= 11 is 5.62. The van der Waals surface area contributed by atoms with Gasteiger partial charge in [0.1, 0.15) is 0 Å². The molecule has 7 rings (SSSR count). The second kappa shape index (κ2) is 9.93. The SMILES string of the molecule is C[Si](C)CC#Cc1sc2cc3cc4c(cc3cc2c1C#CC[Si](C)C)sc1cc2c(cc14)sc1ccccc12. The van der Waals surface area contributed by atoms with Gasteiger partial charge >= 0.3 is 0 Å². The Balaban J connectivity index is 1.43. The number of benzene rings is 4. The molecular weight excluding hydrogens is 561 g/mol. The molecule has 3 heterocycles. The third kappa shape index (κ3) is 4.53. The summed E-state index contributed by atoms with van der Waals surface area (Å²) in [6.07, 6.45) is 0. The molecule has 0 amide bonds. The summed E-state index contributed by atoms with van der Waals surface area (Å²) in [6, 6.07) is 25.2. The first-order chi connectivity index (χ1) is 18.9. The second-order valence-electron chi connectivity index (χ2n) is 10.8. The minimum absolute atomic E-state index is 0.359. The third-order valence-corrected chi connectivity index (χ3v) is 12.1. The van der Waals surface area contributed by atoms with Gasteiger partial charge in [-0.3, -0.25) is 0 Å². The van der Waals surface area contributed by atoms with E-state index in [1.54, 1.807) is 0 Å². The van der Waals surface area contributed by atoms with Gasteiger partial charge < -0.3 is 0 Å². The van der Waals surface area contributed by atoms with Crippen LogP contribution >= 0.6 is 34.0 Å². The Kier molecular flexibility index (Phi) is 6.39. The van der Waals surface area contributed by atoms with Crippen LogP contribution in [0.4, 0.5) is 0 Å². The van der Waals surface area contributed by atoms with Crippen molar-refractivity contribution in [3.05, 3.63) is 71.1 Å². The lowest BCUT2D eigenvalue weighted by atomic mass is 10.0. The van der Waals surface area contributed by atoms with Crippen molar-refractivity contribution in [2.45, 2.75) is 38.3 Å². The van der Waals surface area contributed by atoms with E-state index < -0.39 is 0 Å². The summed E-state index contributed by atoms with van der Waals surface area (Å²) in [5.74, 6) is 14.0. The molecule has 0 fully saturated rings. The lowest BCUT2D eigenvalue weighted by Gasteiger charge is -2.01. The normalized spacial score (nSPS) is 11.8. The maximum Gasteiger partial charge on any atom is 0.0937 e. The quantitative estimate of drug-likeness (QED) is 0.140. The summed E-state index contributed by atoms with van der Waals surface area (Å²) < 4.78 is 6.75. The molecule has 7 aromatic rings. The van der Waals surface area contributed by atoms with Crippen LogP contribution in [0, 0.1) is 23.7 Å². The second-order valence-corrected chi connectivity index (χ2v) is 19.5. The van der Waals surface area contributed by atoms with E-state index >= 15 is 0 Å². The third-order valence-electron chi connectivity index (χ3n) is 7.03. The van der Waals surface area contributed by atoms with Gasteiger partial charge in [-0.1, -0.05) is 56.2 Å². The predicted molar refractivity (Wildman–Crippen MR) is 183 cm³/mol. The Labute approximate surface area is 244 Å². The average Bonchev–Trinajstić information content (AvgIpc) is 3.55. The van der Waals surface area contributed by atoms with Gasteiger partial charge in [-0.05, 0) is 53.2 Å². The lowest BCUT2D eigenvalue weighted by molar-refractivity contribution is 1.68. The smallest absolute Gasteiger partial charge is 0.0937 e. The van der Waals surface area contributed by atoms with Crippen molar-refractivity contribution in [1.29, 1.82) is 0 Å². The molecule has 0 unspecified atom stereocenters. The maximum absolute atomic E-state index is 3.55. The number of thiophene rings is 3. The van der Waals surface area contributed by atoms with Crippen LogP contribution in [0.1, 0.15) is 10.4 Å². The van der Waals surface area contributed by atoms with Crippen LogP contribution in [0.25, 0.3) is 61.2 Å². The Morgan fingerprint density at radius 1 is 0.538 bits per heavy atom. The highest BCUT2D eigenvalue weighted by molar-refractivity contribution is 7.27. The van der Waals surface area contributed by atoms with Crippen LogP contribution in [-0.4, -0.2) is 17.6 Å². The first-order valence-electron chi connectivity index (χ1n) is 13.2. The van der Waals surface area contributed by atoms with Crippen molar-refractivity contribution in [2.24, 2.45) is 0 Å². The fourth-order valence-corrected chi connectivity index (χ4v) is 9.38. The minimum atomic E-state index is -0.374. The predicted octanol–water partition coefficient (Wildman–Crippen LogP) is 11.0. The molecule has 0 spiro atoms. The number of rotatable bonds is 2. The molecule has 4 aromatic carbocycles. The average molecular weight is 587 g/mol. The van der Waals surface area contributed by atoms with E-state index in [0.29, 0.717) is 0 Å². The summed E-state index contributed by atoms with van der Waals surface area (Å²) in [5.41, 5.74) is 1.14. The number of hydrogen-bond donors (Lipinski definition) is 0. The Morgan fingerprint density at radius 3 is 1.79 bits per heavy atom. The molecule has 0 bridgehead atoms. The van der Waals surface area contributed by atoms with Crippen LogP contribution in [0.3, 0.4) is 0 Å². The highest BCUT2D eigenvalue weighted by Crippen LogP contribution is 2.43. The highest BCUT2D eigenvalue weighted by atomic mass is 32.1. The zero-order valence-corrected chi connectivity index (χ0v) is 26.9. The Morgan fingerprint density at radius 2 is 1.08 bits per heavy atom. The largest absolute Gasteiger partial charge is 0.135 e. The van der Waals surface area contributed by atoms with Gasteiger partial charge in [0.25, 0.3) is 0 Å². The van der Waals surface area contributed by atoms with Crippen LogP contribution in [0.2, 0.25) is 38.3 Å². The molecule has 0 N–H and O–H groups in total. The van der Waals surface area contributed by atoms with Gasteiger partial charge in [0.2, 0.25) is 0 Å². The van der Waals surface area contributed by atoms with Gasteiger partial charge in [0, 0.05) is 62.5 Å². The zero-order chi connectivity index (χ0) is 26.7. The number of hydrogen-bond acceptors (Lipinski definition) is 3. The summed E-state index contributed by atoms with van der Waals surface area (Å²) in [7, 11) is -0.733. The molecule has 2 radical (unpaired) electrons. The van der Waals surface area contributed by atoms with Gasteiger partial charge in [-0.25, -0.2) is 0 Å². The van der Waals surface area contributed by atoms with Crippen molar-refractivity contribution >= 4 is 113 Å². The molecule has 0 aliphatic heterocycles. The first-order valence-corrected chi connectivity index (χ1v) is 21.0. The van der Waals surface area contributed by atoms with Crippen molar-refractivity contribution in [3.63, 3.8) is 0 Å². The van der Waals surface area contributed by atoms with Crippen LogP contribution < -0.4 is 0 Å². The van der Waals surface area contributed by atoms with E-state index in [2.05, 4.69) is 111 Å². The zero-order valence-electron chi connectivity index (χ0n) is 22.4. The summed E-state index contributed by atoms with van der Waals surface area (Å²) in [5, 5.41) is 9.32. The van der Waals surface area contributed by atoms with Gasteiger partial charge in [0.15, 0.2) is 0 Å². The van der Waals surface area contributed by atoms with Crippen molar-refractivity contribution in [3.8, 4) is 23.7 Å². The number of fused-ring (bicyclic) bond motifs is 8. The fraction of sp³-hybridized carbons (Fsp3) is 0.176. The van der Waals surface area contributed by atoms with Crippen molar-refractivity contribution in [2.75, 3.05) is 0 Å². The van der Waals surface area contributed by atoms with E-state index in [1.807, 2.05) is 34.0 Å². The van der Waals surface area contributed by atoms with Crippen LogP contribution in [0.5, 0.6) is 0 Å². The lowest BCUT2D eigenvalue weighted by Crippen LogP contribution is -1.95. The first kappa shape index (κ1) is 25.1. The highest BCUT2D eigenvalue weighted by Gasteiger charge is 2.14. The van der Waals surface area contributed by atoms with Crippen LogP contribution in [-0.2, 0) is 0 Å². The molecule has 188 valence electrons. The molecular formula is C34H26S3Si2. The molecule has 0 saturated carbocycles. The standard InChI is InChI=1S/C34H26S3Si2/c1-38(2)13-7-10-24-25-15-21-18-32-26(16-22(21)17-31(25)35-30(24)12-8-14-39(3)4)28-20-33-27(19-34(28)37-32)23-9-5-6-11-29(23)36-33/h5-6,9,11,15-20H,13-14H2,1-4H3. The molecule has 0 saturated heterocycles. The molecule has 0 aliphatic rings. The molecule has 0 nitrogen and oxygen atoms in total. The monoisotopic (exact) mass is 586 g/mol. The topological polar surface area (TPSA) is 0 Å². The van der Waals surface area contributed by atoms with Gasteiger partial charge in [-0.15, -0.1) is 45.9 Å². The fourth-order valence-electron chi connectivity index (χ4n) is 5.15. The van der Waals surface area contributed by atoms with E-state index in [9.17, 15) is 0 Å². The Bertz CT molecular complexity index is 2200. The van der Waals surface area contributed by atoms with E-state index in [-0.39, 0.29) is 17.6 Å². The van der Waals surface area contributed by atoms with E-state index in [0.717, 1.165) is 22.5 Å². The van der Waals surface area contributed by atoms with Crippen LogP contribution in [0.15, 0.2) is 60.7 Å². The van der Waals surface area contributed by atoms with Crippen molar-refractivity contribution < 1.29 is 0 Å². The molecule has 0 aliphatic carbocycles. The van der Waals surface area contributed by atoms with Gasteiger partial charge in [0.05, 0.1) is 28.0 Å². The van der Waals surface area contributed by atoms with E-state index in [1.165, 1.54) is 61.2 Å². The molecule has 0 atom stereocenters. The van der Waals surface area contributed by atoms with E-state index in [4.69, 9.17) is 0 Å².